The number of carbonyl (C=O) groups excluding carboxylic acids is 1. The average Bonchev–Trinajstić information content (AvgIpc) is 3.58. The monoisotopic (exact) mass is 509 g/mol. The van der Waals surface area contributed by atoms with Crippen molar-refractivity contribution in [3.63, 3.8) is 0 Å². The van der Waals surface area contributed by atoms with Gasteiger partial charge in [-0.15, -0.1) is 5.10 Å². The lowest BCUT2D eigenvalue weighted by Crippen LogP contribution is -2.60. The molecule has 184 valence electrons. The predicted molar refractivity (Wildman–Crippen MR) is 124 cm³/mol. The zero-order valence-corrected chi connectivity index (χ0v) is 19.8. The second-order valence-corrected chi connectivity index (χ2v) is 9.46. The summed E-state index contributed by atoms with van der Waals surface area (Å²) in [6.07, 6.45) is 4.18. The Kier molecular flexibility index (Phi) is 5.83. The maximum absolute atomic E-state index is 13.9. The van der Waals surface area contributed by atoms with Crippen LogP contribution in [0.1, 0.15) is 35.3 Å². The summed E-state index contributed by atoms with van der Waals surface area (Å²) in [6, 6.07) is 2.90. The van der Waals surface area contributed by atoms with Crippen LogP contribution in [0.25, 0.3) is 10.8 Å². The SMILES string of the molecule is [C-]#[N+]c1c(F)ccc([C@@H]2CN3CCN(C(=O)C4CCc5nc(-n6cnnn6)ncc54)C[C@@H]3CO2)c1Cl. The second kappa shape index (κ2) is 9.16. The first-order valence-corrected chi connectivity index (χ1v) is 12.0. The Morgan fingerprint density at radius 1 is 1.25 bits per heavy atom. The van der Waals surface area contributed by atoms with Crippen LogP contribution in [-0.4, -0.2) is 84.7 Å². The molecule has 0 spiro atoms. The third kappa shape index (κ3) is 3.89. The number of aryl methyl sites for hydroxylation is 1. The van der Waals surface area contributed by atoms with Crippen molar-refractivity contribution in [3.05, 3.63) is 63.7 Å². The molecule has 0 radical (unpaired) electrons. The molecular weight excluding hydrogens is 489 g/mol. The largest absolute Gasteiger partial charge is 0.370 e. The van der Waals surface area contributed by atoms with E-state index in [1.165, 1.54) is 17.1 Å². The Morgan fingerprint density at radius 2 is 2.14 bits per heavy atom. The summed E-state index contributed by atoms with van der Waals surface area (Å²) in [6.45, 7) is 10.0. The molecular formula is C23H21ClFN9O2. The van der Waals surface area contributed by atoms with Gasteiger partial charge in [0.05, 0.1) is 42.0 Å². The molecule has 11 nitrogen and oxygen atoms in total. The fraction of sp³-hybridized carbons (Fsp3) is 0.435. The number of nitrogens with zero attached hydrogens (tertiary/aromatic N) is 9. The lowest BCUT2D eigenvalue weighted by Gasteiger charge is -2.46. The normalized spacial score (nSPS) is 23.7. The Bertz CT molecular complexity index is 1360. The number of carbonyl (C=O) groups is 1. The summed E-state index contributed by atoms with van der Waals surface area (Å²) in [7, 11) is 0. The molecule has 1 aliphatic carbocycles. The van der Waals surface area contributed by atoms with Crippen molar-refractivity contribution in [3.8, 4) is 5.95 Å². The van der Waals surface area contributed by atoms with E-state index in [1.54, 1.807) is 12.3 Å². The standard InChI is InChI=1S/C23H21ClFN9O2/c1-26-21-17(25)4-2-15(20(21)24)19-10-32-6-7-33(9-13(32)11-36-19)22(35)14-3-5-18-16(14)8-27-23(29-18)34-12-28-30-31-34/h2,4,8,12-14,19H,3,5-7,9-11H2/t13-,14?,19+/m1/s1. The minimum atomic E-state index is -0.634. The maximum Gasteiger partial charge on any atom is 0.253 e. The molecule has 1 unspecified atom stereocenters. The molecule has 1 amide bonds. The van der Waals surface area contributed by atoms with E-state index in [0.29, 0.717) is 57.1 Å². The van der Waals surface area contributed by atoms with Crippen LogP contribution in [0.5, 0.6) is 0 Å². The van der Waals surface area contributed by atoms with E-state index < -0.39 is 5.82 Å². The van der Waals surface area contributed by atoms with Crippen LogP contribution in [0.4, 0.5) is 10.1 Å². The van der Waals surface area contributed by atoms with Gasteiger partial charge in [-0.25, -0.2) is 19.2 Å². The van der Waals surface area contributed by atoms with Gasteiger partial charge in [0.2, 0.25) is 11.6 Å². The molecule has 3 aromatic rings. The predicted octanol–water partition coefficient (Wildman–Crippen LogP) is 2.11. The molecule has 3 atom stereocenters. The van der Waals surface area contributed by atoms with Crippen LogP contribution in [0.2, 0.25) is 5.02 Å². The molecule has 0 saturated carbocycles. The molecule has 2 aliphatic heterocycles. The summed E-state index contributed by atoms with van der Waals surface area (Å²) in [5, 5.41) is 11.1. The number of aromatic nitrogens is 6. The summed E-state index contributed by atoms with van der Waals surface area (Å²) in [4.78, 5) is 29.8. The number of piperazine rings is 1. The molecule has 36 heavy (non-hydrogen) atoms. The summed E-state index contributed by atoms with van der Waals surface area (Å²) in [5.41, 5.74) is 2.15. The van der Waals surface area contributed by atoms with Gasteiger partial charge in [-0.1, -0.05) is 17.7 Å². The van der Waals surface area contributed by atoms with Gasteiger partial charge in [-0.05, 0) is 34.9 Å². The third-order valence-corrected chi connectivity index (χ3v) is 7.54. The Labute approximate surface area is 210 Å². The fourth-order valence-corrected chi connectivity index (χ4v) is 5.58. The van der Waals surface area contributed by atoms with Crippen molar-refractivity contribution >= 4 is 23.2 Å². The van der Waals surface area contributed by atoms with Crippen molar-refractivity contribution in [1.82, 2.24) is 40.0 Å². The van der Waals surface area contributed by atoms with E-state index in [2.05, 4.69) is 35.2 Å². The number of benzene rings is 1. The summed E-state index contributed by atoms with van der Waals surface area (Å²) in [5.74, 6) is -0.432. The Morgan fingerprint density at radius 3 is 2.94 bits per heavy atom. The minimum Gasteiger partial charge on any atom is -0.370 e. The number of ether oxygens (including phenoxy) is 1. The van der Waals surface area contributed by atoms with E-state index in [0.717, 1.165) is 11.3 Å². The molecule has 2 aromatic heterocycles. The van der Waals surface area contributed by atoms with Crippen molar-refractivity contribution < 1.29 is 13.9 Å². The molecule has 13 heteroatoms. The molecule has 2 fully saturated rings. The van der Waals surface area contributed by atoms with Gasteiger partial charge in [0.1, 0.15) is 12.1 Å². The zero-order chi connectivity index (χ0) is 24.8. The Hall–Kier alpha value is -3.53. The van der Waals surface area contributed by atoms with Crippen LogP contribution in [0, 0.1) is 12.4 Å². The van der Waals surface area contributed by atoms with Crippen LogP contribution in [0.3, 0.4) is 0 Å². The average molecular weight is 510 g/mol. The van der Waals surface area contributed by atoms with Gasteiger partial charge in [-0.3, -0.25) is 9.69 Å². The van der Waals surface area contributed by atoms with Crippen molar-refractivity contribution in [2.24, 2.45) is 0 Å². The van der Waals surface area contributed by atoms with Gasteiger partial charge >= 0.3 is 0 Å². The highest BCUT2D eigenvalue weighted by atomic mass is 35.5. The van der Waals surface area contributed by atoms with Crippen LogP contribution in [-0.2, 0) is 16.0 Å². The van der Waals surface area contributed by atoms with E-state index in [1.807, 2.05) is 4.90 Å². The smallest absolute Gasteiger partial charge is 0.253 e. The molecule has 1 aromatic carbocycles. The topological polar surface area (TPSA) is 107 Å². The lowest BCUT2D eigenvalue weighted by molar-refractivity contribution is -0.141. The van der Waals surface area contributed by atoms with Crippen LogP contribution >= 0.6 is 11.6 Å². The zero-order valence-electron chi connectivity index (χ0n) is 19.1. The van der Waals surface area contributed by atoms with Crippen molar-refractivity contribution in [2.75, 3.05) is 32.8 Å². The fourth-order valence-electron chi connectivity index (χ4n) is 5.26. The van der Waals surface area contributed by atoms with E-state index >= 15 is 0 Å². The number of hydrogen-bond donors (Lipinski definition) is 0. The van der Waals surface area contributed by atoms with Crippen molar-refractivity contribution in [1.29, 1.82) is 0 Å². The third-order valence-electron chi connectivity index (χ3n) is 7.15. The molecule has 2 saturated heterocycles. The van der Waals surface area contributed by atoms with Gasteiger partial charge < -0.3 is 9.64 Å². The van der Waals surface area contributed by atoms with Gasteiger partial charge in [0.25, 0.3) is 5.95 Å². The lowest BCUT2D eigenvalue weighted by atomic mass is 9.99. The highest BCUT2D eigenvalue weighted by Gasteiger charge is 2.40. The number of morpholine rings is 1. The van der Waals surface area contributed by atoms with Gasteiger partial charge in [0.15, 0.2) is 0 Å². The molecule has 4 heterocycles. The van der Waals surface area contributed by atoms with E-state index in [-0.39, 0.29) is 34.7 Å². The van der Waals surface area contributed by atoms with E-state index in [4.69, 9.17) is 22.9 Å². The number of halogens is 2. The first-order valence-electron chi connectivity index (χ1n) is 11.6. The number of amides is 1. The molecule has 6 rings (SSSR count). The van der Waals surface area contributed by atoms with Crippen molar-refractivity contribution in [2.45, 2.75) is 30.9 Å². The first kappa shape index (κ1) is 22.9. The maximum atomic E-state index is 13.9. The molecule has 0 N–H and O–H groups in total. The summed E-state index contributed by atoms with van der Waals surface area (Å²) >= 11 is 6.31. The first-order chi connectivity index (χ1) is 17.5. The van der Waals surface area contributed by atoms with Crippen LogP contribution < -0.4 is 0 Å². The highest BCUT2D eigenvalue weighted by molar-refractivity contribution is 6.34. The summed E-state index contributed by atoms with van der Waals surface area (Å²) < 4.78 is 21.4. The molecule has 0 bridgehead atoms. The van der Waals surface area contributed by atoms with Gasteiger partial charge in [-0.2, -0.15) is 4.68 Å². The number of hydrogen-bond acceptors (Lipinski definition) is 8. The Balaban J connectivity index is 1.12. The van der Waals surface area contributed by atoms with Crippen LogP contribution in [0.15, 0.2) is 24.7 Å². The molecule has 3 aliphatic rings. The quantitative estimate of drug-likeness (QED) is 0.494. The highest BCUT2D eigenvalue weighted by Crippen LogP contribution is 2.39. The minimum absolute atomic E-state index is 0.0535. The number of rotatable bonds is 3. The van der Waals surface area contributed by atoms with E-state index in [9.17, 15) is 9.18 Å². The second-order valence-electron chi connectivity index (χ2n) is 9.08. The number of tetrazole rings is 1. The number of fused-ring (bicyclic) bond motifs is 2. The van der Waals surface area contributed by atoms with Gasteiger partial charge in [0, 0.05) is 37.9 Å².